The van der Waals surface area contributed by atoms with E-state index in [1.54, 1.807) is 0 Å². The average molecular weight is 767 g/mol. The molecule has 0 fully saturated rings. The van der Waals surface area contributed by atoms with Gasteiger partial charge in [0.1, 0.15) is 11.5 Å². The first-order valence-electron chi connectivity index (χ1n) is 20.2. The van der Waals surface area contributed by atoms with Gasteiger partial charge in [0.2, 0.25) is 0 Å². The van der Waals surface area contributed by atoms with Crippen LogP contribution in [0, 0.1) is 0 Å². The minimum absolute atomic E-state index is 0.570. The van der Waals surface area contributed by atoms with Gasteiger partial charge in [-0.3, -0.25) is 4.98 Å². The molecular formula is C55H34N4O. The monoisotopic (exact) mass is 766 g/mol. The molecule has 1 aliphatic heterocycles. The summed E-state index contributed by atoms with van der Waals surface area (Å²) in [5.74, 6) is 3.67. The molecule has 0 amide bonds. The van der Waals surface area contributed by atoms with Crippen molar-refractivity contribution in [1.29, 1.82) is 0 Å². The molecule has 3 heterocycles. The predicted octanol–water partition coefficient (Wildman–Crippen LogP) is 13.2. The van der Waals surface area contributed by atoms with E-state index in [-0.39, 0.29) is 0 Å². The van der Waals surface area contributed by atoms with Gasteiger partial charge in [0, 0.05) is 45.0 Å². The van der Waals surface area contributed by atoms with E-state index in [4.69, 9.17) is 24.7 Å². The highest BCUT2D eigenvalue weighted by Gasteiger charge is 2.51. The summed E-state index contributed by atoms with van der Waals surface area (Å²) < 4.78 is 6.62. The molecule has 0 saturated heterocycles. The van der Waals surface area contributed by atoms with E-state index >= 15 is 0 Å². The zero-order valence-corrected chi connectivity index (χ0v) is 32.3. The van der Waals surface area contributed by atoms with Crippen LogP contribution in [0.5, 0.6) is 11.5 Å². The van der Waals surface area contributed by atoms with Crippen LogP contribution >= 0.6 is 0 Å². The van der Waals surface area contributed by atoms with E-state index in [0.717, 1.165) is 72.5 Å². The molecule has 0 unspecified atom stereocenters. The van der Waals surface area contributed by atoms with Crippen LogP contribution in [0.3, 0.4) is 0 Å². The second kappa shape index (κ2) is 13.5. The van der Waals surface area contributed by atoms with Gasteiger partial charge < -0.3 is 4.74 Å². The molecule has 1 spiro atoms. The Morgan fingerprint density at radius 3 is 1.43 bits per heavy atom. The lowest BCUT2D eigenvalue weighted by atomic mass is 9.66. The summed E-state index contributed by atoms with van der Waals surface area (Å²) in [6, 6.07) is 70.3. The summed E-state index contributed by atoms with van der Waals surface area (Å²) in [5, 5.41) is 1.12. The standard InChI is InChI=1S/C55H34N4O/c1-3-13-37(14-4-1)52-57-53(38-15-5-2-6-16-38)59-54(58-52)39-26-24-35(25-27-39)40-28-30-45-43(33-40)44-34-41(42-19-11-17-36-18-12-32-56-51(36)42)29-31-46(44)55(45)47-20-7-9-22-49(47)60-50-23-10-8-21-48(50)55/h1-34H. The third-order valence-electron chi connectivity index (χ3n) is 12.1. The first kappa shape index (κ1) is 34.1. The number of nitrogens with zero attached hydrogens (tertiary/aromatic N) is 4. The molecule has 0 radical (unpaired) electrons. The Morgan fingerprint density at radius 1 is 0.333 bits per heavy atom. The lowest BCUT2D eigenvalue weighted by molar-refractivity contribution is 0.436. The molecule has 1 aliphatic carbocycles. The Balaban J connectivity index is 1.02. The number of pyridine rings is 1. The second-order valence-electron chi connectivity index (χ2n) is 15.4. The Hall–Kier alpha value is -8.02. The maximum atomic E-state index is 6.62. The van der Waals surface area contributed by atoms with Gasteiger partial charge >= 0.3 is 0 Å². The van der Waals surface area contributed by atoms with E-state index in [0.29, 0.717) is 17.5 Å². The third-order valence-corrected chi connectivity index (χ3v) is 12.1. The van der Waals surface area contributed by atoms with Crippen molar-refractivity contribution in [3.8, 4) is 79.0 Å². The minimum atomic E-state index is -0.570. The number of fused-ring (bicyclic) bond motifs is 10. The van der Waals surface area contributed by atoms with Crippen molar-refractivity contribution in [1.82, 2.24) is 19.9 Å². The summed E-state index contributed by atoms with van der Waals surface area (Å²) in [4.78, 5) is 19.7. The molecule has 5 heteroatoms. The summed E-state index contributed by atoms with van der Waals surface area (Å²) in [7, 11) is 0. The van der Waals surface area contributed by atoms with Crippen molar-refractivity contribution in [2.24, 2.45) is 0 Å². The highest BCUT2D eigenvalue weighted by Crippen LogP contribution is 2.62. The number of ether oxygens (including phenoxy) is 1. The normalized spacial score (nSPS) is 12.9. The number of para-hydroxylation sites is 3. The van der Waals surface area contributed by atoms with Crippen LogP contribution < -0.4 is 4.74 Å². The largest absolute Gasteiger partial charge is 0.457 e. The lowest BCUT2D eigenvalue weighted by Gasteiger charge is -2.39. The van der Waals surface area contributed by atoms with E-state index in [9.17, 15) is 0 Å². The Bertz CT molecular complexity index is 3180. The van der Waals surface area contributed by atoms with E-state index < -0.39 is 5.41 Å². The SMILES string of the molecule is c1ccc(-c2nc(-c3ccccc3)nc(-c3ccc(-c4ccc5c(c4)-c4cc(-c6cccc7cccnc67)ccc4C54c5ccccc5Oc5ccccc54)cc3)n2)cc1. The fourth-order valence-corrected chi connectivity index (χ4v) is 9.34. The van der Waals surface area contributed by atoms with Gasteiger partial charge in [-0.1, -0.05) is 170 Å². The molecular weight excluding hydrogens is 733 g/mol. The third kappa shape index (κ3) is 5.26. The highest BCUT2D eigenvalue weighted by atomic mass is 16.5. The van der Waals surface area contributed by atoms with Crippen molar-refractivity contribution in [2.75, 3.05) is 0 Å². The molecule has 0 saturated carbocycles. The zero-order chi connectivity index (χ0) is 39.6. The van der Waals surface area contributed by atoms with Crippen LogP contribution in [0.15, 0.2) is 206 Å². The lowest BCUT2D eigenvalue weighted by Crippen LogP contribution is -2.32. The van der Waals surface area contributed by atoms with Gasteiger partial charge in [-0.2, -0.15) is 0 Å². The molecule has 8 aromatic carbocycles. The molecule has 0 bridgehead atoms. The summed E-state index contributed by atoms with van der Waals surface area (Å²) >= 11 is 0. The molecule has 0 atom stereocenters. The van der Waals surface area contributed by atoms with Crippen molar-refractivity contribution < 1.29 is 4.74 Å². The number of hydrogen-bond donors (Lipinski definition) is 0. The molecule has 0 N–H and O–H groups in total. The number of hydrogen-bond acceptors (Lipinski definition) is 5. The van der Waals surface area contributed by atoms with E-state index in [1.807, 2.05) is 72.9 Å². The summed E-state index contributed by atoms with van der Waals surface area (Å²) in [5.41, 5.74) is 14.9. The fourth-order valence-electron chi connectivity index (χ4n) is 9.34. The van der Waals surface area contributed by atoms with Crippen LogP contribution in [0.4, 0.5) is 0 Å². The van der Waals surface area contributed by atoms with Crippen LogP contribution in [-0.2, 0) is 5.41 Å². The van der Waals surface area contributed by atoms with Crippen LogP contribution in [-0.4, -0.2) is 19.9 Å². The van der Waals surface area contributed by atoms with Crippen LogP contribution in [0.25, 0.3) is 78.4 Å². The van der Waals surface area contributed by atoms with E-state index in [1.165, 1.54) is 22.3 Å². The van der Waals surface area contributed by atoms with Crippen LogP contribution in [0.1, 0.15) is 22.3 Å². The predicted molar refractivity (Wildman–Crippen MR) is 240 cm³/mol. The van der Waals surface area contributed by atoms with Gasteiger partial charge in [-0.05, 0) is 69.3 Å². The molecule has 60 heavy (non-hydrogen) atoms. The zero-order valence-electron chi connectivity index (χ0n) is 32.3. The first-order chi connectivity index (χ1) is 29.7. The Kier molecular flexibility index (Phi) is 7.69. The number of rotatable bonds is 5. The van der Waals surface area contributed by atoms with Crippen molar-refractivity contribution in [3.05, 3.63) is 229 Å². The summed E-state index contributed by atoms with van der Waals surface area (Å²) in [6.45, 7) is 0. The molecule has 2 aromatic heterocycles. The summed E-state index contributed by atoms with van der Waals surface area (Å²) in [6.07, 6.45) is 1.88. The highest BCUT2D eigenvalue weighted by molar-refractivity contribution is 5.97. The van der Waals surface area contributed by atoms with Gasteiger partial charge in [0.05, 0.1) is 10.9 Å². The number of benzene rings is 8. The first-order valence-corrected chi connectivity index (χ1v) is 20.2. The van der Waals surface area contributed by atoms with Crippen molar-refractivity contribution in [2.45, 2.75) is 5.41 Å². The molecule has 10 aromatic rings. The molecule has 280 valence electrons. The second-order valence-corrected chi connectivity index (χ2v) is 15.4. The van der Waals surface area contributed by atoms with Gasteiger partial charge in [-0.25, -0.2) is 15.0 Å². The van der Waals surface area contributed by atoms with E-state index in [2.05, 4.69) is 133 Å². The molecule has 2 aliphatic rings. The average Bonchev–Trinajstić information content (AvgIpc) is 3.61. The minimum Gasteiger partial charge on any atom is -0.457 e. The Morgan fingerprint density at radius 2 is 0.817 bits per heavy atom. The fraction of sp³-hybridized carbons (Fsp3) is 0.0182. The molecule has 12 rings (SSSR count). The maximum Gasteiger partial charge on any atom is 0.164 e. The maximum absolute atomic E-state index is 6.62. The Labute approximate surface area is 347 Å². The quantitative estimate of drug-likeness (QED) is 0.175. The topological polar surface area (TPSA) is 60.8 Å². The van der Waals surface area contributed by atoms with Gasteiger partial charge in [-0.15, -0.1) is 0 Å². The van der Waals surface area contributed by atoms with Crippen molar-refractivity contribution in [3.63, 3.8) is 0 Å². The van der Waals surface area contributed by atoms with Crippen LogP contribution in [0.2, 0.25) is 0 Å². The molecule has 5 nitrogen and oxygen atoms in total. The van der Waals surface area contributed by atoms with Gasteiger partial charge in [0.15, 0.2) is 17.5 Å². The smallest absolute Gasteiger partial charge is 0.164 e. The van der Waals surface area contributed by atoms with Gasteiger partial charge in [0.25, 0.3) is 0 Å². The van der Waals surface area contributed by atoms with Crippen molar-refractivity contribution >= 4 is 10.9 Å². The number of aromatic nitrogens is 4.